The normalized spacial score (nSPS) is 20.7. The summed E-state index contributed by atoms with van der Waals surface area (Å²) in [4.78, 5) is 0. The lowest BCUT2D eigenvalue weighted by Gasteiger charge is -2.34. The van der Waals surface area contributed by atoms with E-state index in [0.29, 0.717) is 0 Å². The zero-order valence-electron chi connectivity index (χ0n) is 11.9. The Morgan fingerprint density at radius 2 is 2.15 bits per heavy atom. The number of nitrogens with zero attached hydrogens (tertiary/aromatic N) is 1. The highest BCUT2D eigenvalue weighted by molar-refractivity contribution is 9.10. The van der Waals surface area contributed by atoms with E-state index in [-0.39, 0.29) is 11.5 Å². The standard InChI is InChI=1S/C17H20BrNO/c1-17(2)9-15-14(16(20)10-17)6-7-19(15)11-12-4-3-5-13(18)8-12/h3-8,16,20H,9-11H2,1-2H3. The lowest BCUT2D eigenvalue weighted by atomic mass is 9.75. The second kappa shape index (κ2) is 5.05. The Labute approximate surface area is 128 Å². The Morgan fingerprint density at radius 3 is 2.90 bits per heavy atom. The Hall–Kier alpha value is -1.06. The first-order chi connectivity index (χ1) is 9.44. The summed E-state index contributed by atoms with van der Waals surface area (Å²) in [6, 6.07) is 10.5. The molecule has 106 valence electrons. The number of aromatic nitrogens is 1. The fourth-order valence-electron chi connectivity index (χ4n) is 3.17. The van der Waals surface area contributed by atoms with Gasteiger partial charge < -0.3 is 9.67 Å². The molecule has 1 aliphatic rings. The highest BCUT2D eigenvalue weighted by Gasteiger charge is 2.33. The summed E-state index contributed by atoms with van der Waals surface area (Å²) in [6.07, 6.45) is 3.66. The van der Waals surface area contributed by atoms with Gasteiger partial charge in [-0.05, 0) is 42.0 Å². The van der Waals surface area contributed by atoms with Crippen LogP contribution in [0, 0.1) is 5.41 Å². The zero-order chi connectivity index (χ0) is 14.3. The average molecular weight is 334 g/mol. The molecule has 0 radical (unpaired) electrons. The molecule has 3 heteroatoms. The molecule has 1 heterocycles. The van der Waals surface area contributed by atoms with Crippen LogP contribution in [0.3, 0.4) is 0 Å². The average Bonchev–Trinajstić information content (AvgIpc) is 2.71. The van der Waals surface area contributed by atoms with Gasteiger partial charge in [-0.3, -0.25) is 0 Å². The van der Waals surface area contributed by atoms with Gasteiger partial charge in [-0.25, -0.2) is 0 Å². The molecule has 1 aromatic carbocycles. The minimum absolute atomic E-state index is 0.166. The third kappa shape index (κ3) is 2.70. The minimum atomic E-state index is -0.322. The van der Waals surface area contributed by atoms with Gasteiger partial charge in [0, 0.05) is 28.5 Å². The minimum Gasteiger partial charge on any atom is -0.388 e. The monoisotopic (exact) mass is 333 g/mol. The zero-order valence-corrected chi connectivity index (χ0v) is 13.5. The smallest absolute Gasteiger partial charge is 0.0812 e. The van der Waals surface area contributed by atoms with Crippen molar-refractivity contribution in [3.8, 4) is 0 Å². The lowest BCUT2D eigenvalue weighted by Crippen LogP contribution is -2.26. The Balaban J connectivity index is 1.93. The second-order valence-corrected chi connectivity index (χ2v) is 7.45. The third-order valence-corrected chi connectivity index (χ3v) is 4.60. The molecule has 0 spiro atoms. The summed E-state index contributed by atoms with van der Waals surface area (Å²) in [5.74, 6) is 0. The molecule has 2 aromatic rings. The predicted molar refractivity (Wildman–Crippen MR) is 84.7 cm³/mol. The Kier molecular flexibility index (Phi) is 3.51. The first-order valence-electron chi connectivity index (χ1n) is 7.05. The van der Waals surface area contributed by atoms with Crippen molar-refractivity contribution >= 4 is 15.9 Å². The van der Waals surface area contributed by atoms with E-state index in [9.17, 15) is 5.11 Å². The van der Waals surface area contributed by atoms with Gasteiger partial charge in [-0.1, -0.05) is 41.9 Å². The van der Waals surface area contributed by atoms with Crippen LogP contribution < -0.4 is 0 Å². The molecule has 0 bridgehead atoms. The largest absolute Gasteiger partial charge is 0.388 e. The highest BCUT2D eigenvalue weighted by atomic mass is 79.9. The number of hydrogen-bond donors (Lipinski definition) is 1. The Morgan fingerprint density at radius 1 is 1.35 bits per heavy atom. The van der Waals surface area contributed by atoms with Gasteiger partial charge in [-0.2, -0.15) is 0 Å². The van der Waals surface area contributed by atoms with Gasteiger partial charge in [0.15, 0.2) is 0 Å². The highest BCUT2D eigenvalue weighted by Crippen LogP contribution is 2.41. The van der Waals surface area contributed by atoms with Crippen molar-refractivity contribution < 1.29 is 5.11 Å². The number of hydrogen-bond acceptors (Lipinski definition) is 1. The van der Waals surface area contributed by atoms with E-state index in [2.05, 4.69) is 64.8 Å². The molecular formula is C17H20BrNO. The molecular weight excluding hydrogens is 314 g/mol. The van der Waals surface area contributed by atoms with E-state index in [1.165, 1.54) is 11.3 Å². The second-order valence-electron chi connectivity index (χ2n) is 6.54. The van der Waals surface area contributed by atoms with Crippen molar-refractivity contribution in [2.75, 3.05) is 0 Å². The SMILES string of the molecule is CC1(C)Cc2c(ccn2Cc2cccc(Br)c2)C(O)C1. The van der Waals surface area contributed by atoms with Gasteiger partial charge in [0.2, 0.25) is 0 Å². The summed E-state index contributed by atoms with van der Waals surface area (Å²) in [5.41, 5.74) is 3.84. The number of rotatable bonds is 2. The van der Waals surface area contributed by atoms with E-state index in [0.717, 1.165) is 29.4 Å². The summed E-state index contributed by atoms with van der Waals surface area (Å²) in [5, 5.41) is 10.3. The van der Waals surface area contributed by atoms with Gasteiger partial charge in [-0.15, -0.1) is 0 Å². The lowest BCUT2D eigenvalue weighted by molar-refractivity contribution is 0.0981. The van der Waals surface area contributed by atoms with Crippen molar-refractivity contribution in [1.82, 2.24) is 4.57 Å². The van der Waals surface area contributed by atoms with E-state index < -0.39 is 0 Å². The molecule has 20 heavy (non-hydrogen) atoms. The molecule has 0 aliphatic heterocycles. The Bertz CT molecular complexity index is 630. The molecule has 1 unspecified atom stereocenters. The van der Waals surface area contributed by atoms with Gasteiger partial charge in [0.1, 0.15) is 0 Å². The van der Waals surface area contributed by atoms with Crippen molar-refractivity contribution in [2.45, 2.75) is 39.3 Å². The van der Waals surface area contributed by atoms with Crippen LogP contribution in [0.5, 0.6) is 0 Å². The maximum Gasteiger partial charge on any atom is 0.0812 e. The molecule has 1 atom stereocenters. The number of fused-ring (bicyclic) bond motifs is 1. The van der Waals surface area contributed by atoms with Crippen LogP contribution in [0.2, 0.25) is 0 Å². The summed E-state index contributed by atoms with van der Waals surface area (Å²) >= 11 is 3.52. The fraction of sp³-hybridized carbons (Fsp3) is 0.412. The van der Waals surface area contributed by atoms with Crippen LogP contribution in [0.4, 0.5) is 0 Å². The van der Waals surface area contributed by atoms with E-state index in [4.69, 9.17) is 0 Å². The van der Waals surface area contributed by atoms with Crippen LogP contribution in [0.25, 0.3) is 0 Å². The third-order valence-electron chi connectivity index (χ3n) is 4.11. The summed E-state index contributed by atoms with van der Waals surface area (Å²) in [6.45, 7) is 5.32. The van der Waals surface area contributed by atoms with Crippen molar-refractivity contribution in [1.29, 1.82) is 0 Å². The molecule has 3 rings (SSSR count). The number of aliphatic hydroxyl groups excluding tert-OH is 1. The maximum atomic E-state index is 10.3. The first kappa shape index (κ1) is 13.9. The van der Waals surface area contributed by atoms with Crippen LogP contribution in [-0.4, -0.2) is 9.67 Å². The molecule has 1 N–H and O–H groups in total. The van der Waals surface area contributed by atoms with Crippen molar-refractivity contribution in [3.05, 3.63) is 57.8 Å². The molecule has 0 saturated carbocycles. The number of benzene rings is 1. The van der Waals surface area contributed by atoms with Crippen molar-refractivity contribution in [3.63, 3.8) is 0 Å². The van der Waals surface area contributed by atoms with E-state index in [1.54, 1.807) is 0 Å². The molecule has 2 nitrogen and oxygen atoms in total. The molecule has 1 aliphatic carbocycles. The molecule has 0 fully saturated rings. The molecule has 0 amide bonds. The van der Waals surface area contributed by atoms with Crippen LogP contribution >= 0.6 is 15.9 Å². The van der Waals surface area contributed by atoms with Gasteiger partial charge >= 0.3 is 0 Å². The maximum absolute atomic E-state index is 10.3. The quantitative estimate of drug-likeness (QED) is 0.870. The number of halogens is 1. The van der Waals surface area contributed by atoms with Crippen LogP contribution in [-0.2, 0) is 13.0 Å². The number of aliphatic hydroxyl groups is 1. The topological polar surface area (TPSA) is 25.2 Å². The van der Waals surface area contributed by atoms with Crippen LogP contribution in [0.15, 0.2) is 41.0 Å². The van der Waals surface area contributed by atoms with Crippen LogP contribution in [0.1, 0.15) is 43.2 Å². The van der Waals surface area contributed by atoms with Gasteiger partial charge in [0.05, 0.1) is 6.10 Å². The molecule has 1 aromatic heterocycles. The van der Waals surface area contributed by atoms with Crippen molar-refractivity contribution in [2.24, 2.45) is 5.41 Å². The fourth-order valence-corrected chi connectivity index (χ4v) is 3.61. The first-order valence-corrected chi connectivity index (χ1v) is 7.84. The van der Waals surface area contributed by atoms with E-state index >= 15 is 0 Å². The van der Waals surface area contributed by atoms with Gasteiger partial charge in [0.25, 0.3) is 0 Å². The van der Waals surface area contributed by atoms with E-state index in [1.807, 2.05) is 6.07 Å². The molecule has 0 saturated heterocycles. The summed E-state index contributed by atoms with van der Waals surface area (Å²) < 4.78 is 3.39. The summed E-state index contributed by atoms with van der Waals surface area (Å²) in [7, 11) is 0. The predicted octanol–water partition coefficient (Wildman–Crippen LogP) is 4.30.